The van der Waals surface area contributed by atoms with E-state index in [-0.39, 0.29) is 0 Å². The molecule has 0 N–H and O–H groups in total. The Morgan fingerprint density at radius 2 is 1.43 bits per heavy atom. The molecule has 0 aromatic rings. The van der Waals surface area contributed by atoms with E-state index in [1.165, 1.54) is 5.71 Å². The van der Waals surface area contributed by atoms with E-state index in [1.807, 2.05) is 6.55 Å². The van der Waals surface area contributed by atoms with Crippen molar-refractivity contribution in [3.05, 3.63) is 0 Å². The van der Waals surface area contributed by atoms with Crippen molar-refractivity contribution in [3.63, 3.8) is 0 Å². The van der Waals surface area contributed by atoms with Gasteiger partial charge >= 0.3 is 6.86 Å². The monoisotopic (exact) mass is 253 g/mol. The number of halogens is 2. The summed E-state index contributed by atoms with van der Waals surface area (Å²) in [5.41, 5.74) is 1.19. The Bertz CT molecular complexity index is 183. The fraction of sp³-hybridized carbons (Fsp3) is 0.900. The van der Waals surface area contributed by atoms with Crippen molar-refractivity contribution in [1.82, 2.24) is 0 Å². The van der Waals surface area contributed by atoms with Crippen LogP contribution in [0.25, 0.3) is 0 Å². The summed E-state index contributed by atoms with van der Waals surface area (Å²) in [7, 11) is 0. The molecule has 0 saturated heterocycles. The first-order valence-corrected chi connectivity index (χ1v) is 9.63. The zero-order valence-corrected chi connectivity index (χ0v) is 12.3. The molecule has 0 amide bonds. The second-order valence-corrected chi connectivity index (χ2v) is 11.6. The fourth-order valence-corrected chi connectivity index (χ4v) is 2.85. The summed E-state index contributed by atoms with van der Waals surface area (Å²) in [4.78, 5) is 0. The van der Waals surface area contributed by atoms with Gasteiger partial charge in [-0.3, -0.25) is 4.66 Å². The van der Waals surface area contributed by atoms with Crippen LogP contribution in [0, 0.1) is 11.8 Å². The predicted octanol–water partition coefficient (Wildman–Crippen LogP) is 4.57. The minimum Gasteiger partial charge on any atom is -0.297 e. The molecule has 0 aliphatic rings. The molecule has 0 fully saturated rings. The van der Waals surface area contributed by atoms with Crippen LogP contribution < -0.4 is 0 Å². The van der Waals surface area contributed by atoms with Crippen LogP contribution in [0.5, 0.6) is 0 Å². The molecule has 0 rings (SSSR count). The zero-order chi connectivity index (χ0) is 11.4. The van der Waals surface area contributed by atoms with Gasteiger partial charge in [-0.15, -0.1) is 22.2 Å². The smallest absolute Gasteiger partial charge is 0.297 e. The first kappa shape index (κ1) is 14.5. The summed E-state index contributed by atoms with van der Waals surface area (Å²) in [5, 5.41) is 0. The molecule has 0 heterocycles. The SMILES string of the molecule is CC(C)CC(CC(C)C)=N[Si](C)(Cl)Cl. The van der Waals surface area contributed by atoms with Gasteiger partial charge in [0.05, 0.1) is 0 Å². The third kappa shape index (κ3) is 9.04. The van der Waals surface area contributed by atoms with Crippen LogP contribution in [0.3, 0.4) is 0 Å². The van der Waals surface area contributed by atoms with Gasteiger partial charge in [0, 0.05) is 5.71 Å². The van der Waals surface area contributed by atoms with Gasteiger partial charge < -0.3 is 0 Å². The highest BCUT2D eigenvalue weighted by Gasteiger charge is 2.21. The molecule has 14 heavy (non-hydrogen) atoms. The van der Waals surface area contributed by atoms with E-state index in [0.717, 1.165) is 12.8 Å². The van der Waals surface area contributed by atoms with Crippen LogP contribution in [0.1, 0.15) is 40.5 Å². The quantitative estimate of drug-likeness (QED) is 0.387. The van der Waals surface area contributed by atoms with Gasteiger partial charge in [0.1, 0.15) is 0 Å². The highest BCUT2D eigenvalue weighted by atomic mass is 35.7. The maximum Gasteiger partial charge on any atom is 0.367 e. The zero-order valence-electron chi connectivity index (χ0n) is 9.77. The summed E-state index contributed by atoms with van der Waals surface area (Å²) in [6.07, 6.45) is 2.03. The van der Waals surface area contributed by atoms with Crippen LogP contribution in [0.2, 0.25) is 6.55 Å². The molecule has 4 heteroatoms. The van der Waals surface area contributed by atoms with Gasteiger partial charge in [-0.1, -0.05) is 27.7 Å². The van der Waals surface area contributed by atoms with Crippen molar-refractivity contribution in [2.24, 2.45) is 16.5 Å². The lowest BCUT2D eigenvalue weighted by molar-refractivity contribution is 0.636. The predicted molar refractivity (Wildman–Crippen MR) is 69.7 cm³/mol. The molecule has 0 unspecified atom stereocenters. The number of nitrogens with zero attached hydrogens (tertiary/aromatic N) is 1. The summed E-state index contributed by atoms with van der Waals surface area (Å²) in [6.45, 7) is 8.29. The first-order valence-electron chi connectivity index (χ1n) is 5.16. The van der Waals surface area contributed by atoms with Gasteiger partial charge in [0.25, 0.3) is 0 Å². The normalized spacial score (nSPS) is 12.4. The van der Waals surface area contributed by atoms with E-state index in [1.54, 1.807) is 0 Å². The fourth-order valence-electron chi connectivity index (χ4n) is 1.39. The lowest BCUT2D eigenvalue weighted by atomic mass is 9.99. The van der Waals surface area contributed by atoms with E-state index in [0.29, 0.717) is 11.8 Å². The van der Waals surface area contributed by atoms with Gasteiger partial charge in [-0.25, -0.2) is 0 Å². The van der Waals surface area contributed by atoms with Crippen LogP contribution in [-0.4, -0.2) is 12.6 Å². The van der Waals surface area contributed by atoms with Crippen LogP contribution in [0.15, 0.2) is 4.66 Å². The lowest BCUT2D eigenvalue weighted by Crippen LogP contribution is -2.16. The molecule has 0 saturated carbocycles. The number of hydrogen-bond donors (Lipinski definition) is 0. The molecule has 0 aromatic heterocycles. The Labute approximate surface area is 98.4 Å². The summed E-state index contributed by atoms with van der Waals surface area (Å²) >= 11 is 12.0. The maximum absolute atomic E-state index is 6.01. The van der Waals surface area contributed by atoms with Crippen LogP contribution >= 0.6 is 22.2 Å². The van der Waals surface area contributed by atoms with E-state index < -0.39 is 6.86 Å². The van der Waals surface area contributed by atoms with Crippen molar-refractivity contribution in [1.29, 1.82) is 0 Å². The highest BCUT2D eigenvalue weighted by molar-refractivity contribution is 7.44. The molecular formula is C10H21Cl2NSi. The van der Waals surface area contributed by atoms with E-state index in [9.17, 15) is 0 Å². The van der Waals surface area contributed by atoms with E-state index >= 15 is 0 Å². The van der Waals surface area contributed by atoms with Crippen molar-refractivity contribution >= 4 is 34.7 Å². The Hall–Kier alpha value is 0.467. The molecular weight excluding hydrogens is 233 g/mol. The molecule has 0 atom stereocenters. The largest absolute Gasteiger partial charge is 0.367 e. The average molecular weight is 254 g/mol. The molecule has 0 aromatic carbocycles. The summed E-state index contributed by atoms with van der Waals surface area (Å²) in [6, 6.07) is 0. The molecule has 0 spiro atoms. The molecule has 0 radical (unpaired) electrons. The van der Waals surface area contributed by atoms with Gasteiger partial charge in [0.2, 0.25) is 0 Å². The molecule has 0 bridgehead atoms. The third-order valence-electron chi connectivity index (χ3n) is 1.64. The average Bonchev–Trinajstić information content (AvgIpc) is 1.77. The number of hydrogen-bond acceptors (Lipinski definition) is 1. The Balaban J connectivity index is 4.47. The van der Waals surface area contributed by atoms with Crippen LogP contribution in [0.4, 0.5) is 0 Å². The Kier molecular flexibility index (Phi) is 6.34. The second-order valence-electron chi connectivity index (χ2n) is 4.72. The van der Waals surface area contributed by atoms with Gasteiger partial charge in [0.15, 0.2) is 0 Å². The summed E-state index contributed by atoms with van der Waals surface area (Å²) in [5.74, 6) is 1.24. The molecule has 84 valence electrons. The Morgan fingerprint density at radius 3 is 1.64 bits per heavy atom. The first-order chi connectivity index (χ1) is 6.20. The summed E-state index contributed by atoms with van der Waals surface area (Å²) < 4.78 is 4.48. The van der Waals surface area contributed by atoms with Crippen LogP contribution in [-0.2, 0) is 0 Å². The second kappa shape index (κ2) is 6.14. The molecule has 0 aliphatic carbocycles. The third-order valence-corrected chi connectivity index (χ3v) is 2.86. The van der Waals surface area contributed by atoms with Crippen molar-refractivity contribution < 1.29 is 0 Å². The van der Waals surface area contributed by atoms with E-state index in [4.69, 9.17) is 22.2 Å². The van der Waals surface area contributed by atoms with Crippen molar-refractivity contribution in [2.45, 2.75) is 47.1 Å². The van der Waals surface area contributed by atoms with Gasteiger partial charge in [-0.2, -0.15) is 0 Å². The lowest BCUT2D eigenvalue weighted by Gasteiger charge is -2.14. The topological polar surface area (TPSA) is 12.4 Å². The minimum absolute atomic E-state index is 0.622. The number of rotatable bonds is 5. The maximum atomic E-state index is 6.01. The van der Waals surface area contributed by atoms with Crippen molar-refractivity contribution in [3.8, 4) is 0 Å². The standard InChI is InChI=1S/C10H21Cl2NSi/c1-8(2)6-10(7-9(3)4)13-14(5,11)12/h8-9H,6-7H2,1-5H3. The Morgan fingerprint density at radius 1 is 1.07 bits per heavy atom. The van der Waals surface area contributed by atoms with Crippen molar-refractivity contribution in [2.75, 3.05) is 0 Å². The molecule has 1 nitrogen and oxygen atoms in total. The van der Waals surface area contributed by atoms with E-state index in [2.05, 4.69) is 32.4 Å². The highest BCUT2D eigenvalue weighted by Crippen LogP contribution is 2.19. The van der Waals surface area contributed by atoms with Gasteiger partial charge in [-0.05, 0) is 31.2 Å². The minimum atomic E-state index is -2.32. The molecule has 0 aliphatic heterocycles.